The molecule has 42 heavy (non-hydrogen) atoms. The summed E-state index contributed by atoms with van der Waals surface area (Å²) >= 11 is 2.01. The van der Waals surface area contributed by atoms with Crippen molar-refractivity contribution in [2.75, 3.05) is 42.8 Å². The molecule has 4 aromatic rings. The van der Waals surface area contributed by atoms with Gasteiger partial charge in [0, 0.05) is 26.2 Å². The molecule has 0 spiro atoms. The molecule has 3 aromatic heterocycles. The Morgan fingerprint density at radius 2 is 1.98 bits per heavy atom. The first kappa shape index (κ1) is 29.4. The van der Waals surface area contributed by atoms with Crippen molar-refractivity contribution < 1.29 is 13.5 Å². The second kappa shape index (κ2) is 12.4. The normalized spacial score (nSPS) is 13.5. The molecule has 1 aliphatic rings. The van der Waals surface area contributed by atoms with E-state index in [9.17, 15) is 14.0 Å². The summed E-state index contributed by atoms with van der Waals surface area (Å²) in [4.78, 5) is 15.4. The maximum Gasteiger partial charge on any atom is 0.295 e. The van der Waals surface area contributed by atoms with Gasteiger partial charge in [-0.25, -0.2) is 34.7 Å². The molecular formula is C25H26F2IN12OP. The molecule has 17 heteroatoms. The maximum absolute atomic E-state index is 14.0. The van der Waals surface area contributed by atoms with Crippen LogP contribution in [0.15, 0.2) is 41.5 Å². The third-order valence-corrected chi connectivity index (χ3v) is 8.44. The molecule has 5 rings (SSSR count). The minimum absolute atomic E-state index is 0.0939. The molecule has 1 fully saturated rings. The van der Waals surface area contributed by atoms with E-state index >= 15 is 0 Å². The molecule has 218 valence electrons. The summed E-state index contributed by atoms with van der Waals surface area (Å²) in [5.41, 5.74) is 8.97. The molecule has 1 aromatic carbocycles. The zero-order chi connectivity index (χ0) is 30.0. The predicted molar refractivity (Wildman–Crippen MR) is 168 cm³/mol. The summed E-state index contributed by atoms with van der Waals surface area (Å²) in [5, 5.41) is 21.2. The van der Waals surface area contributed by atoms with Crippen LogP contribution in [0.2, 0.25) is 0 Å². The van der Waals surface area contributed by atoms with Crippen molar-refractivity contribution in [1.29, 1.82) is 5.26 Å². The molecule has 0 bridgehead atoms. The molecule has 6 N–H and O–H groups in total. The number of rotatable bonds is 10. The maximum atomic E-state index is 14.0. The number of nitrogens with zero attached hydrogens (tertiary/aromatic N) is 8. The third kappa shape index (κ3) is 5.80. The number of halogens is 3. The first-order valence-corrected chi connectivity index (χ1v) is 16.6. The van der Waals surface area contributed by atoms with Crippen LogP contribution in [0, 0.1) is 11.3 Å². The number of anilines is 5. The van der Waals surface area contributed by atoms with E-state index in [2.05, 4.69) is 41.7 Å². The summed E-state index contributed by atoms with van der Waals surface area (Å²) in [6.07, 6.45) is -1.85. The van der Waals surface area contributed by atoms with E-state index in [0.29, 0.717) is 34.3 Å². The topological polar surface area (TPSA) is 172 Å². The zero-order valence-corrected chi connectivity index (χ0v) is 25.6. The number of aromatic nitrogens is 4. The lowest BCUT2D eigenvalue weighted by Crippen LogP contribution is -2.37. The Hall–Kier alpha value is -4.07. The summed E-state index contributed by atoms with van der Waals surface area (Å²) in [5.74, 6) is 6.36. The van der Waals surface area contributed by atoms with Crippen molar-refractivity contribution in [3.8, 4) is 11.8 Å². The number of alkyl halides is 2. The average Bonchev–Trinajstić information content (AvgIpc) is 3.31. The Morgan fingerprint density at radius 1 is 1.19 bits per heavy atom. The first-order chi connectivity index (χ1) is 20.2. The van der Waals surface area contributed by atoms with Gasteiger partial charge in [0.2, 0.25) is 0 Å². The Balaban J connectivity index is 1.61. The zero-order valence-electron chi connectivity index (χ0n) is 22.4. The first-order valence-electron chi connectivity index (χ1n) is 12.5. The van der Waals surface area contributed by atoms with E-state index in [1.54, 1.807) is 30.3 Å². The monoisotopic (exact) mass is 706 g/mol. The fourth-order valence-electron chi connectivity index (χ4n) is 4.43. The van der Waals surface area contributed by atoms with Crippen LogP contribution in [0.1, 0.15) is 29.9 Å². The highest BCUT2D eigenvalue weighted by atomic mass is 127. The van der Waals surface area contributed by atoms with E-state index in [0.717, 1.165) is 30.3 Å². The van der Waals surface area contributed by atoms with E-state index < -0.39 is 12.2 Å². The van der Waals surface area contributed by atoms with Crippen molar-refractivity contribution in [3.63, 3.8) is 0 Å². The number of amidine groups is 1. The van der Waals surface area contributed by atoms with E-state index in [4.69, 9.17) is 16.3 Å². The Morgan fingerprint density at radius 3 is 2.60 bits per heavy atom. The van der Waals surface area contributed by atoms with Gasteiger partial charge in [-0.1, -0.05) is 6.07 Å². The molecule has 13 nitrogen and oxygen atoms in total. The molecule has 0 amide bonds. The van der Waals surface area contributed by atoms with Gasteiger partial charge in [0.25, 0.3) is 6.43 Å². The Bertz CT molecular complexity index is 1700. The molecule has 4 heterocycles. The number of hydrazine groups is 1. The number of nitrogens with two attached hydrogens (primary N) is 2. The van der Waals surface area contributed by atoms with E-state index in [1.165, 1.54) is 18.5 Å². The highest BCUT2D eigenvalue weighted by Crippen LogP contribution is 2.40. The number of hydrazone groups is 1. The van der Waals surface area contributed by atoms with Crippen molar-refractivity contribution in [2.24, 2.45) is 16.7 Å². The molecule has 1 saturated heterocycles. The number of imidazole rings is 1. The summed E-state index contributed by atoms with van der Waals surface area (Å²) in [7, 11) is 3.00. The van der Waals surface area contributed by atoms with E-state index in [-0.39, 0.29) is 29.1 Å². The van der Waals surface area contributed by atoms with Crippen LogP contribution in [-0.2, 0) is 0 Å². The summed E-state index contributed by atoms with van der Waals surface area (Å²) < 4.78 is 35.0. The largest absolute Gasteiger partial charge is 0.494 e. The molecular weight excluding hydrogens is 680 g/mol. The molecule has 1 aliphatic heterocycles. The van der Waals surface area contributed by atoms with Crippen LogP contribution in [-0.4, -0.2) is 57.5 Å². The molecule has 1 atom stereocenters. The van der Waals surface area contributed by atoms with Crippen LogP contribution in [0.4, 0.5) is 37.5 Å². The lowest BCUT2D eigenvalue weighted by Gasteiger charge is -2.33. The van der Waals surface area contributed by atoms with Gasteiger partial charge >= 0.3 is 0 Å². The second-order valence-corrected chi connectivity index (χ2v) is 11.2. The van der Waals surface area contributed by atoms with Gasteiger partial charge < -0.3 is 26.0 Å². The van der Waals surface area contributed by atoms with Gasteiger partial charge in [-0.2, -0.15) is 5.26 Å². The van der Waals surface area contributed by atoms with Gasteiger partial charge in [-0.3, -0.25) is 4.34 Å². The third-order valence-electron chi connectivity index (χ3n) is 6.38. The Labute approximate surface area is 254 Å². The van der Waals surface area contributed by atoms with Gasteiger partial charge in [0.1, 0.15) is 23.2 Å². The average molecular weight is 706 g/mol. The van der Waals surface area contributed by atoms with Crippen LogP contribution in [0.3, 0.4) is 0 Å². The SMILES string of the molecule is COc1c(Nc2cc(Nc3ccc(N4CCC4)c(C#N)n3)nc3c2nc(C(F)F)n3PI)cccc1/C(N)=N/N(C)N. The van der Waals surface area contributed by atoms with Crippen molar-refractivity contribution >= 4 is 74.1 Å². The smallest absolute Gasteiger partial charge is 0.295 e. The number of methoxy groups -OCH3 is 1. The standard InChI is InChI=1S/C25H26F2IN12OP/c1-38(31)37-23(30)13-5-3-6-14(21(13)41-2)32-15-11-19(35-24-20(15)36-25(22(26)27)40(24)42-28)34-18-8-7-17(16(12-29)33-18)39-9-4-10-39/h3,5-8,11,22,42H,4,9-10,31H2,1-2H3,(H2,30,37)(H2,32,33,34,35). The lowest BCUT2D eigenvalue weighted by atomic mass is 10.1. The van der Waals surface area contributed by atoms with E-state index in [1.807, 2.05) is 28.1 Å². The van der Waals surface area contributed by atoms with Crippen molar-refractivity contribution in [2.45, 2.75) is 12.8 Å². The van der Waals surface area contributed by atoms with Crippen LogP contribution < -0.4 is 31.8 Å². The number of hydrogen-bond donors (Lipinski definition) is 4. The number of nitriles is 1. The van der Waals surface area contributed by atoms with Gasteiger partial charge in [-0.15, -0.1) is 5.10 Å². The minimum Gasteiger partial charge on any atom is -0.494 e. The number of ether oxygens (including phenoxy) is 1. The summed E-state index contributed by atoms with van der Waals surface area (Å²) in [6.45, 7) is 1.74. The summed E-state index contributed by atoms with van der Waals surface area (Å²) in [6, 6.07) is 12.5. The number of benzene rings is 1. The predicted octanol–water partition coefficient (Wildman–Crippen LogP) is 4.56. The van der Waals surface area contributed by atoms with Crippen molar-refractivity contribution in [3.05, 3.63) is 53.5 Å². The number of para-hydroxylation sites is 1. The number of hydrogen-bond acceptors (Lipinski definition) is 11. The minimum atomic E-state index is -2.82. The number of nitrogens with one attached hydrogen (secondary N) is 2. The van der Waals surface area contributed by atoms with Crippen LogP contribution in [0.5, 0.6) is 5.75 Å². The molecule has 1 unspecified atom stereocenters. The fourth-order valence-corrected chi connectivity index (χ4v) is 6.32. The second-order valence-electron chi connectivity index (χ2n) is 9.13. The highest BCUT2D eigenvalue weighted by molar-refractivity contribution is 14.2. The number of pyridine rings is 2. The lowest BCUT2D eigenvalue weighted by molar-refractivity contribution is 0.140. The highest BCUT2D eigenvalue weighted by Gasteiger charge is 2.24. The Kier molecular flexibility index (Phi) is 8.71. The van der Waals surface area contributed by atoms with Crippen LogP contribution >= 0.6 is 28.4 Å². The van der Waals surface area contributed by atoms with Gasteiger partial charge in [-0.05, 0) is 52.7 Å². The molecule has 0 saturated carbocycles. The quantitative estimate of drug-likeness (QED) is 0.0455. The molecule has 0 aliphatic carbocycles. The van der Waals surface area contributed by atoms with Crippen molar-refractivity contribution in [1.82, 2.24) is 24.4 Å². The van der Waals surface area contributed by atoms with Crippen LogP contribution in [0.25, 0.3) is 11.2 Å². The molecule has 0 radical (unpaired) electrons. The fraction of sp³-hybridized carbons (Fsp3) is 0.240. The van der Waals surface area contributed by atoms with Gasteiger partial charge in [0.15, 0.2) is 28.8 Å². The number of fused-ring (bicyclic) bond motifs is 1. The van der Waals surface area contributed by atoms with Gasteiger partial charge in [0.05, 0.1) is 36.1 Å².